The summed E-state index contributed by atoms with van der Waals surface area (Å²) in [5.41, 5.74) is -0.302. The van der Waals surface area contributed by atoms with Crippen LogP contribution in [0.2, 0.25) is 0 Å². The largest absolute Gasteiger partial charge is 0.464 e. The number of esters is 1. The second-order valence-electron chi connectivity index (χ2n) is 4.79. The van der Waals surface area contributed by atoms with E-state index in [0.29, 0.717) is 25.1 Å². The molecule has 1 atom stereocenters. The van der Waals surface area contributed by atoms with Gasteiger partial charge in [-0.05, 0) is 38.8 Å². The monoisotopic (exact) mass is 262 g/mol. The van der Waals surface area contributed by atoms with E-state index in [-0.39, 0.29) is 11.9 Å². The van der Waals surface area contributed by atoms with E-state index in [9.17, 15) is 9.59 Å². The molecule has 2 rings (SSSR count). The van der Waals surface area contributed by atoms with Crippen LogP contribution in [0.4, 0.5) is 0 Å². The molecule has 19 heavy (non-hydrogen) atoms. The molecule has 1 unspecified atom stereocenters. The smallest absolute Gasteiger partial charge is 0.331 e. The lowest BCUT2D eigenvalue weighted by atomic mass is 9.98. The Bertz CT molecular complexity index is 475. The highest BCUT2D eigenvalue weighted by molar-refractivity contribution is 5.98. The van der Waals surface area contributed by atoms with Gasteiger partial charge >= 0.3 is 5.97 Å². The lowest BCUT2D eigenvalue weighted by molar-refractivity contribution is -0.153. The molecule has 0 spiro atoms. The van der Waals surface area contributed by atoms with E-state index >= 15 is 0 Å². The van der Waals surface area contributed by atoms with Crippen LogP contribution in [-0.2, 0) is 9.53 Å². The maximum absolute atomic E-state index is 12.5. The Morgan fingerprint density at radius 3 is 2.74 bits per heavy atom. The first-order chi connectivity index (χ1) is 9.09. The van der Waals surface area contributed by atoms with Gasteiger partial charge in [0.1, 0.15) is 5.54 Å². The maximum Gasteiger partial charge on any atom is 0.331 e. The zero-order valence-corrected chi connectivity index (χ0v) is 11.3. The molecule has 5 nitrogen and oxygen atoms in total. The summed E-state index contributed by atoms with van der Waals surface area (Å²) in [6.45, 7) is 4.45. The molecule has 0 aliphatic carbocycles. The molecule has 0 radical (unpaired) electrons. The van der Waals surface area contributed by atoms with E-state index in [1.807, 2.05) is 0 Å². The van der Waals surface area contributed by atoms with E-state index in [2.05, 4.69) is 4.98 Å². The first kappa shape index (κ1) is 13.5. The van der Waals surface area contributed by atoms with Crippen LogP contribution in [-0.4, -0.2) is 40.5 Å². The normalized spacial score (nSPS) is 22.3. The first-order valence-corrected chi connectivity index (χ1v) is 6.49. The van der Waals surface area contributed by atoms with Crippen LogP contribution >= 0.6 is 0 Å². The fraction of sp³-hybridized carbons (Fsp3) is 0.500. The highest BCUT2D eigenvalue weighted by Gasteiger charge is 2.47. The van der Waals surface area contributed by atoms with Crippen molar-refractivity contribution in [2.45, 2.75) is 32.2 Å². The highest BCUT2D eigenvalue weighted by Crippen LogP contribution is 2.31. The van der Waals surface area contributed by atoms with Crippen molar-refractivity contribution in [1.82, 2.24) is 9.88 Å². The molecular formula is C14H18N2O3. The van der Waals surface area contributed by atoms with Crippen LogP contribution in [0.15, 0.2) is 24.5 Å². The summed E-state index contributed by atoms with van der Waals surface area (Å²) in [5.74, 6) is -0.467. The van der Waals surface area contributed by atoms with Crippen LogP contribution in [0.25, 0.3) is 0 Å². The van der Waals surface area contributed by atoms with Gasteiger partial charge in [-0.25, -0.2) is 4.79 Å². The second kappa shape index (κ2) is 5.38. The molecule has 5 heteroatoms. The van der Waals surface area contributed by atoms with Gasteiger partial charge in [0.15, 0.2) is 0 Å². The van der Waals surface area contributed by atoms with Crippen LogP contribution in [0, 0.1) is 0 Å². The third-order valence-electron chi connectivity index (χ3n) is 3.53. The summed E-state index contributed by atoms with van der Waals surface area (Å²) in [5, 5.41) is 0. The van der Waals surface area contributed by atoms with E-state index < -0.39 is 5.54 Å². The molecule has 1 aliphatic heterocycles. The molecule has 0 aromatic carbocycles. The number of pyridine rings is 1. The molecule has 1 aromatic heterocycles. The molecule has 1 saturated heterocycles. The minimum Gasteiger partial charge on any atom is -0.464 e. The first-order valence-electron chi connectivity index (χ1n) is 6.49. The van der Waals surface area contributed by atoms with E-state index in [4.69, 9.17) is 4.74 Å². The molecule has 1 amide bonds. The lowest BCUT2D eigenvalue weighted by Crippen LogP contribution is -2.51. The Hall–Kier alpha value is -1.91. The molecule has 2 heterocycles. The number of carbonyl (C=O) groups is 2. The Morgan fingerprint density at radius 2 is 2.11 bits per heavy atom. The molecule has 1 fully saturated rings. The Morgan fingerprint density at radius 1 is 1.42 bits per heavy atom. The predicted octanol–water partition coefficient (Wildman–Crippen LogP) is 1.64. The van der Waals surface area contributed by atoms with E-state index in [1.165, 1.54) is 0 Å². The number of likely N-dealkylation sites (tertiary alicyclic amines) is 1. The zero-order valence-electron chi connectivity index (χ0n) is 11.3. The molecule has 102 valence electrons. The van der Waals surface area contributed by atoms with Crippen molar-refractivity contribution < 1.29 is 14.3 Å². The molecule has 0 saturated carbocycles. The fourth-order valence-electron chi connectivity index (χ4n) is 2.44. The summed E-state index contributed by atoms with van der Waals surface area (Å²) in [6, 6.07) is 3.32. The van der Waals surface area contributed by atoms with Gasteiger partial charge in [0.05, 0.1) is 6.61 Å². The van der Waals surface area contributed by atoms with Gasteiger partial charge in [-0.15, -0.1) is 0 Å². The molecule has 0 N–H and O–H groups in total. The summed E-state index contributed by atoms with van der Waals surface area (Å²) < 4.78 is 5.10. The van der Waals surface area contributed by atoms with Crippen molar-refractivity contribution >= 4 is 11.9 Å². The topological polar surface area (TPSA) is 59.5 Å². The number of rotatable bonds is 3. The molecule has 1 aromatic rings. The summed E-state index contributed by atoms with van der Waals surface area (Å²) >= 11 is 0. The third-order valence-corrected chi connectivity index (χ3v) is 3.53. The molecule has 1 aliphatic rings. The fourth-order valence-corrected chi connectivity index (χ4v) is 2.44. The number of amides is 1. The Labute approximate surface area is 112 Å². The summed E-state index contributed by atoms with van der Waals surface area (Å²) in [6.07, 6.45) is 4.60. The maximum atomic E-state index is 12.5. The van der Waals surface area contributed by atoms with Gasteiger partial charge < -0.3 is 9.64 Å². The SMILES string of the molecule is CCOC(=O)C1(C)CCCN1C(=O)c1ccncc1. The van der Waals surface area contributed by atoms with Gasteiger partial charge in [0.25, 0.3) is 5.91 Å². The van der Waals surface area contributed by atoms with E-state index in [0.717, 1.165) is 6.42 Å². The average molecular weight is 262 g/mol. The minimum absolute atomic E-state index is 0.143. The van der Waals surface area contributed by atoms with Crippen molar-refractivity contribution in [2.75, 3.05) is 13.2 Å². The van der Waals surface area contributed by atoms with Crippen LogP contribution < -0.4 is 0 Å². The van der Waals surface area contributed by atoms with Crippen molar-refractivity contribution in [3.8, 4) is 0 Å². The third kappa shape index (κ3) is 2.45. The predicted molar refractivity (Wildman–Crippen MR) is 69.5 cm³/mol. The number of hydrogen-bond acceptors (Lipinski definition) is 4. The van der Waals surface area contributed by atoms with Crippen molar-refractivity contribution in [1.29, 1.82) is 0 Å². The standard InChI is InChI=1S/C14H18N2O3/c1-3-19-13(18)14(2)7-4-10-16(14)12(17)11-5-8-15-9-6-11/h5-6,8-9H,3-4,7,10H2,1-2H3. The van der Waals surface area contributed by atoms with Gasteiger partial charge in [-0.2, -0.15) is 0 Å². The van der Waals surface area contributed by atoms with Crippen molar-refractivity contribution in [3.05, 3.63) is 30.1 Å². The Kier molecular flexibility index (Phi) is 3.83. The van der Waals surface area contributed by atoms with Crippen LogP contribution in [0.5, 0.6) is 0 Å². The number of aromatic nitrogens is 1. The lowest BCUT2D eigenvalue weighted by Gasteiger charge is -2.32. The molecular weight excluding hydrogens is 244 g/mol. The van der Waals surface area contributed by atoms with Crippen molar-refractivity contribution in [3.63, 3.8) is 0 Å². The van der Waals surface area contributed by atoms with Crippen LogP contribution in [0.1, 0.15) is 37.0 Å². The number of carbonyl (C=O) groups excluding carboxylic acids is 2. The second-order valence-corrected chi connectivity index (χ2v) is 4.79. The van der Waals surface area contributed by atoms with Gasteiger partial charge in [0.2, 0.25) is 0 Å². The number of hydrogen-bond donors (Lipinski definition) is 0. The number of nitrogens with zero attached hydrogens (tertiary/aromatic N) is 2. The van der Waals surface area contributed by atoms with Gasteiger partial charge in [-0.1, -0.05) is 0 Å². The minimum atomic E-state index is -0.851. The zero-order chi connectivity index (χ0) is 13.9. The Balaban J connectivity index is 2.24. The van der Waals surface area contributed by atoms with Gasteiger partial charge in [-0.3, -0.25) is 9.78 Å². The summed E-state index contributed by atoms with van der Waals surface area (Å²) in [7, 11) is 0. The molecule has 0 bridgehead atoms. The quantitative estimate of drug-likeness (QED) is 0.777. The highest BCUT2D eigenvalue weighted by atomic mass is 16.5. The number of ether oxygens (including phenoxy) is 1. The van der Waals surface area contributed by atoms with Crippen LogP contribution in [0.3, 0.4) is 0 Å². The average Bonchev–Trinajstić information content (AvgIpc) is 2.83. The van der Waals surface area contributed by atoms with Crippen molar-refractivity contribution in [2.24, 2.45) is 0 Å². The van der Waals surface area contributed by atoms with E-state index in [1.54, 1.807) is 43.3 Å². The summed E-state index contributed by atoms with van der Waals surface area (Å²) in [4.78, 5) is 30.1. The van der Waals surface area contributed by atoms with Gasteiger partial charge in [0, 0.05) is 24.5 Å².